The van der Waals surface area contributed by atoms with Crippen LogP contribution in [-0.2, 0) is 17.1 Å². The van der Waals surface area contributed by atoms with Crippen LogP contribution in [-0.4, -0.2) is 36.6 Å². The van der Waals surface area contributed by atoms with Gasteiger partial charge in [0.25, 0.3) is 0 Å². The van der Waals surface area contributed by atoms with Crippen LogP contribution in [0.1, 0.15) is 68.2 Å². The number of hydrogen-bond donors (Lipinski definition) is 0. The van der Waals surface area contributed by atoms with Crippen molar-refractivity contribution < 1.29 is 17.1 Å². The normalized spacial score (nSPS) is 12.2. The van der Waals surface area contributed by atoms with Crippen LogP contribution in [0, 0.1) is 0 Å². The summed E-state index contributed by atoms with van der Waals surface area (Å²) >= 11 is 0. The van der Waals surface area contributed by atoms with Gasteiger partial charge in [-0.3, -0.25) is 9.98 Å². The van der Waals surface area contributed by atoms with Gasteiger partial charge in [0.2, 0.25) is 0 Å². The van der Waals surface area contributed by atoms with Crippen LogP contribution in [0.3, 0.4) is 0 Å². The molecule has 0 N–H and O–H groups in total. The quantitative estimate of drug-likeness (QED) is 0.404. The second-order valence-electron chi connectivity index (χ2n) is 7.01. The van der Waals surface area contributed by atoms with Gasteiger partial charge >= 0.3 is 0 Å². The summed E-state index contributed by atoms with van der Waals surface area (Å²) in [5.74, 6) is 0. The first kappa shape index (κ1) is 27.1. The first-order chi connectivity index (χ1) is 10.1. The molecule has 23 heavy (non-hydrogen) atoms. The Hall–Kier alpha value is -0.801. The molecule has 0 fully saturated rings. The topological polar surface area (TPSA) is 52.9 Å². The molecule has 0 saturated carbocycles. The fourth-order valence-corrected chi connectivity index (χ4v) is 1.02. The van der Waals surface area contributed by atoms with Gasteiger partial charge in [-0.1, -0.05) is 55.4 Å². The minimum atomic E-state index is 0. The van der Waals surface area contributed by atoms with Gasteiger partial charge in [-0.2, -0.15) is 0 Å². The molecule has 0 bridgehead atoms. The zero-order valence-corrected chi connectivity index (χ0v) is 17.2. The van der Waals surface area contributed by atoms with Gasteiger partial charge in [-0.25, -0.2) is 12.4 Å². The van der Waals surface area contributed by atoms with Gasteiger partial charge in [0.05, 0.1) is 0 Å². The smallest absolute Gasteiger partial charge is 0.0390 e. The Morgan fingerprint density at radius 2 is 1.00 bits per heavy atom. The monoisotopic (exact) mass is 371 g/mol. The van der Waals surface area contributed by atoms with Gasteiger partial charge in [0.15, 0.2) is 0 Å². The molecular weight excluding hydrogens is 336 g/mol. The van der Waals surface area contributed by atoms with E-state index in [1.54, 1.807) is 24.8 Å². The van der Waals surface area contributed by atoms with Crippen LogP contribution in [0.5, 0.6) is 0 Å². The van der Waals surface area contributed by atoms with E-state index in [2.05, 4.69) is 76.0 Å². The number of nitrogens with zero attached hydrogens (tertiary/aromatic N) is 4. The third-order valence-electron chi connectivity index (χ3n) is 1.97. The molecule has 0 amide bonds. The van der Waals surface area contributed by atoms with E-state index in [4.69, 9.17) is 0 Å². The fraction of sp³-hybridized carbons (Fsp3) is 0.778. The molecule has 0 heterocycles. The van der Waals surface area contributed by atoms with Gasteiger partial charge in [-0.05, 0) is 12.8 Å². The molecule has 5 heteroatoms. The van der Waals surface area contributed by atoms with Crippen LogP contribution in [0.15, 0.2) is 22.4 Å². The molecular formula is C18H36CuN4-2. The van der Waals surface area contributed by atoms with Crippen LogP contribution in [0.2, 0.25) is 0 Å². The third kappa shape index (κ3) is 33.8. The molecule has 141 valence electrons. The molecule has 1 radical (unpaired) electrons. The second kappa shape index (κ2) is 16.1. The number of rotatable bonds is 7. The largest absolute Gasteiger partial charge is 0.687 e. The molecule has 0 aliphatic carbocycles. The van der Waals surface area contributed by atoms with Crippen molar-refractivity contribution in [2.75, 3.05) is 13.1 Å². The Labute approximate surface area is 155 Å². The van der Waals surface area contributed by atoms with E-state index in [0.717, 1.165) is 25.9 Å². The van der Waals surface area contributed by atoms with Gasteiger partial charge in [-0.15, -0.1) is 11.1 Å². The van der Waals surface area contributed by atoms with Crippen molar-refractivity contribution in [3.8, 4) is 0 Å². The van der Waals surface area contributed by atoms with Crippen molar-refractivity contribution in [1.82, 2.24) is 0 Å². The zero-order chi connectivity index (χ0) is 17.5. The van der Waals surface area contributed by atoms with Crippen LogP contribution in [0.4, 0.5) is 0 Å². The standard InChI is InChI=1S/C10H20N2.C8H16N2.Cu/c1-9(2,3)11-7-8-12-10(4,5)6;1-3-5-9-7-8-10-6-4-2;/h7-8H,1-6H3;7-8H,3-6H2,1-2H3;/q-2;;. The molecule has 0 aliphatic rings. The molecule has 0 aromatic carbocycles. The van der Waals surface area contributed by atoms with Gasteiger partial charge in [0, 0.05) is 42.6 Å². The van der Waals surface area contributed by atoms with E-state index >= 15 is 0 Å². The third-order valence-corrected chi connectivity index (χ3v) is 1.97. The molecule has 0 rings (SSSR count). The summed E-state index contributed by atoms with van der Waals surface area (Å²) in [4.78, 5) is 8.17. The molecule has 4 nitrogen and oxygen atoms in total. The van der Waals surface area contributed by atoms with E-state index in [0.29, 0.717) is 0 Å². The van der Waals surface area contributed by atoms with E-state index < -0.39 is 0 Å². The fourth-order valence-electron chi connectivity index (χ4n) is 1.02. The average Bonchev–Trinajstić information content (AvgIpc) is 2.38. The van der Waals surface area contributed by atoms with E-state index in [1.165, 1.54) is 0 Å². The summed E-state index contributed by atoms with van der Waals surface area (Å²) in [7, 11) is 0. The summed E-state index contributed by atoms with van der Waals surface area (Å²) in [6, 6.07) is 0. The molecule has 0 aromatic rings. The molecule has 0 atom stereocenters. The van der Waals surface area contributed by atoms with Crippen molar-refractivity contribution in [2.24, 2.45) is 9.98 Å². The zero-order valence-electron chi connectivity index (χ0n) is 16.2. The van der Waals surface area contributed by atoms with Crippen molar-refractivity contribution in [3.05, 3.63) is 23.0 Å². The van der Waals surface area contributed by atoms with E-state index in [-0.39, 0.29) is 28.1 Å². The SMILES string of the molecule is CC(C)(C)[N-]C=C[N-]C(C)(C)C.CCCN=CC=NCCC.[Cu]. The maximum absolute atomic E-state index is 4.29. The summed E-state index contributed by atoms with van der Waals surface area (Å²) in [5.41, 5.74) is 0.00775. The van der Waals surface area contributed by atoms with E-state index in [9.17, 15) is 0 Å². The van der Waals surface area contributed by atoms with Crippen molar-refractivity contribution in [2.45, 2.75) is 79.3 Å². The summed E-state index contributed by atoms with van der Waals surface area (Å²) < 4.78 is 0. The van der Waals surface area contributed by atoms with E-state index in [1.807, 2.05) is 0 Å². The second-order valence-corrected chi connectivity index (χ2v) is 7.01. The molecule has 0 spiro atoms. The van der Waals surface area contributed by atoms with Crippen LogP contribution < -0.4 is 0 Å². The number of hydrogen-bond acceptors (Lipinski definition) is 2. The van der Waals surface area contributed by atoms with Crippen LogP contribution in [0.25, 0.3) is 10.6 Å². The molecule has 0 aromatic heterocycles. The van der Waals surface area contributed by atoms with Gasteiger partial charge in [0.1, 0.15) is 0 Å². The summed E-state index contributed by atoms with van der Waals surface area (Å²) in [6.07, 6.45) is 9.31. The first-order valence-electron chi connectivity index (χ1n) is 8.19. The Morgan fingerprint density at radius 3 is 1.22 bits per heavy atom. The predicted octanol–water partition coefficient (Wildman–Crippen LogP) is 5.75. The molecule has 0 saturated heterocycles. The number of aliphatic imine (C=N–C) groups is 2. The predicted molar refractivity (Wildman–Crippen MR) is 103 cm³/mol. The Morgan fingerprint density at radius 1 is 0.696 bits per heavy atom. The average molecular weight is 372 g/mol. The Bertz CT molecular complexity index is 291. The van der Waals surface area contributed by atoms with Crippen LogP contribution >= 0.6 is 0 Å². The summed E-state index contributed by atoms with van der Waals surface area (Å²) in [6.45, 7) is 18.4. The maximum atomic E-state index is 4.29. The van der Waals surface area contributed by atoms with Crippen molar-refractivity contribution in [1.29, 1.82) is 0 Å². The van der Waals surface area contributed by atoms with Gasteiger partial charge < -0.3 is 10.6 Å². The van der Waals surface area contributed by atoms with Crippen molar-refractivity contribution in [3.63, 3.8) is 0 Å². The molecule has 0 aliphatic heterocycles. The Kier molecular flexibility index (Phi) is 18.9. The minimum absolute atomic E-state index is 0. The molecule has 0 unspecified atom stereocenters. The summed E-state index contributed by atoms with van der Waals surface area (Å²) in [5, 5.41) is 8.57. The van der Waals surface area contributed by atoms with Crippen molar-refractivity contribution >= 4 is 12.4 Å². The Balaban J connectivity index is -0.000000338. The maximum Gasteiger partial charge on any atom is 0.0390 e. The minimum Gasteiger partial charge on any atom is -0.687 e. The first-order valence-corrected chi connectivity index (χ1v) is 8.19.